The van der Waals surface area contributed by atoms with Gasteiger partial charge in [0.25, 0.3) is 0 Å². The highest BCUT2D eigenvalue weighted by Crippen LogP contribution is 2.19. The Balaban J connectivity index is 1.75. The molecule has 0 saturated heterocycles. The quantitative estimate of drug-likeness (QED) is 0.477. The lowest BCUT2D eigenvalue weighted by Gasteiger charge is -2.07. The maximum absolute atomic E-state index is 10.8. The molecule has 0 aliphatic rings. The molecule has 104 valence electrons. The predicted octanol–water partition coefficient (Wildman–Crippen LogP) is 2.87. The number of nitrogens with one attached hydrogen (secondary N) is 1. The highest BCUT2D eigenvalue weighted by Gasteiger charge is 2.12. The van der Waals surface area contributed by atoms with Crippen molar-refractivity contribution in [2.24, 2.45) is 0 Å². The first-order valence-corrected chi connectivity index (χ1v) is 6.28. The molecule has 0 aliphatic heterocycles. The van der Waals surface area contributed by atoms with Gasteiger partial charge < -0.3 is 10.1 Å². The molecule has 1 aromatic heterocycles. The van der Waals surface area contributed by atoms with Crippen LogP contribution in [0.3, 0.4) is 0 Å². The predicted molar refractivity (Wildman–Crippen MR) is 75.9 cm³/mol. The van der Waals surface area contributed by atoms with Crippen LogP contribution in [0.25, 0.3) is 0 Å². The number of para-hydroxylation sites is 1. The van der Waals surface area contributed by atoms with Crippen LogP contribution in [0.2, 0.25) is 0 Å². The summed E-state index contributed by atoms with van der Waals surface area (Å²) >= 11 is 0. The Labute approximate surface area is 116 Å². The summed E-state index contributed by atoms with van der Waals surface area (Å²) in [5.41, 5.74) is -0.0172. The average Bonchev–Trinajstić information content (AvgIpc) is 2.48. The Bertz CT molecular complexity index is 561. The van der Waals surface area contributed by atoms with Crippen molar-refractivity contribution in [2.45, 2.75) is 6.42 Å². The number of nitro groups is 1. The Morgan fingerprint density at radius 1 is 1.20 bits per heavy atom. The molecule has 0 radical (unpaired) electrons. The molecule has 1 N–H and O–H groups in total. The van der Waals surface area contributed by atoms with Crippen molar-refractivity contribution in [3.63, 3.8) is 0 Å². The third-order valence-corrected chi connectivity index (χ3v) is 2.61. The van der Waals surface area contributed by atoms with E-state index in [0.29, 0.717) is 13.2 Å². The fourth-order valence-electron chi connectivity index (χ4n) is 1.67. The standard InChI is InChI=1S/C14H15N3O3/c18-17(19)13-8-4-9-15-14(13)16-10-5-11-20-12-6-2-1-3-7-12/h1-4,6-9H,5,10-11H2,(H,15,16). The van der Waals surface area contributed by atoms with E-state index in [9.17, 15) is 10.1 Å². The Hall–Kier alpha value is -2.63. The first-order valence-electron chi connectivity index (χ1n) is 6.28. The molecule has 0 fully saturated rings. The highest BCUT2D eigenvalue weighted by atomic mass is 16.6. The van der Waals surface area contributed by atoms with Crippen LogP contribution in [0.1, 0.15) is 6.42 Å². The number of pyridine rings is 1. The fraction of sp³-hybridized carbons (Fsp3) is 0.214. The van der Waals surface area contributed by atoms with Crippen molar-refractivity contribution in [2.75, 3.05) is 18.5 Å². The smallest absolute Gasteiger partial charge is 0.311 e. The zero-order valence-corrected chi connectivity index (χ0v) is 10.9. The molecular formula is C14H15N3O3. The van der Waals surface area contributed by atoms with E-state index >= 15 is 0 Å². The first kappa shape index (κ1) is 13.8. The number of ether oxygens (including phenoxy) is 1. The van der Waals surface area contributed by atoms with Crippen LogP contribution in [-0.4, -0.2) is 23.1 Å². The van der Waals surface area contributed by atoms with Crippen LogP contribution in [0.4, 0.5) is 11.5 Å². The number of nitrogens with zero attached hydrogens (tertiary/aromatic N) is 2. The van der Waals surface area contributed by atoms with Crippen LogP contribution in [0, 0.1) is 10.1 Å². The van der Waals surface area contributed by atoms with Gasteiger partial charge in [0, 0.05) is 18.8 Å². The molecule has 1 heterocycles. The lowest BCUT2D eigenvalue weighted by Crippen LogP contribution is -2.09. The summed E-state index contributed by atoms with van der Waals surface area (Å²) in [6.07, 6.45) is 2.25. The van der Waals surface area contributed by atoms with E-state index in [1.165, 1.54) is 12.3 Å². The molecule has 0 atom stereocenters. The maximum Gasteiger partial charge on any atom is 0.311 e. The number of hydrogen-bond donors (Lipinski definition) is 1. The van der Waals surface area contributed by atoms with Gasteiger partial charge in [-0.3, -0.25) is 10.1 Å². The zero-order chi connectivity index (χ0) is 14.2. The molecule has 0 saturated carbocycles. The zero-order valence-electron chi connectivity index (χ0n) is 10.9. The highest BCUT2D eigenvalue weighted by molar-refractivity contribution is 5.54. The van der Waals surface area contributed by atoms with Gasteiger partial charge in [-0.05, 0) is 24.6 Å². The lowest BCUT2D eigenvalue weighted by molar-refractivity contribution is -0.384. The lowest BCUT2D eigenvalue weighted by atomic mass is 10.3. The third kappa shape index (κ3) is 3.94. The van der Waals surface area contributed by atoms with E-state index < -0.39 is 4.92 Å². The fourth-order valence-corrected chi connectivity index (χ4v) is 1.67. The van der Waals surface area contributed by atoms with Gasteiger partial charge >= 0.3 is 5.69 Å². The van der Waals surface area contributed by atoms with E-state index in [1.54, 1.807) is 6.07 Å². The van der Waals surface area contributed by atoms with Crippen LogP contribution in [-0.2, 0) is 0 Å². The van der Waals surface area contributed by atoms with Crippen LogP contribution in [0.5, 0.6) is 5.75 Å². The summed E-state index contributed by atoms with van der Waals surface area (Å²) in [6, 6.07) is 12.5. The molecule has 1 aromatic carbocycles. The van der Waals surface area contributed by atoms with Gasteiger partial charge in [-0.1, -0.05) is 18.2 Å². The van der Waals surface area contributed by atoms with Gasteiger partial charge in [-0.25, -0.2) is 4.98 Å². The minimum atomic E-state index is -0.449. The van der Waals surface area contributed by atoms with Gasteiger partial charge in [0.2, 0.25) is 5.82 Å². The minimum absolute atomic E-state index is 0.0172. The van der Waals surface area contributed by atoms with Crippen LogP contribution >= 0.6 is 0 Å². The van der Waals surface area contributed by atoms with Gasteiger partial charge in [-0.2, -0.15) is 0 Å². The number of rotatable bonds is 7. The van der Waals surface area contributed by atoms with Crippen LogP contribution in [0.15, 0.2) is 48.7 Å². The number of anilines is 1. The Morgan fingerprint density at radius 3 is 2.75 bits per heavy atom. The van der Waals surface area contributed by atoms with Crippen molar-refractivity contribution >= 4 is 11.5 Å². The second-order valence-corrected chi connectivity index (χ2v) is 4.07. The van der Waals surface area contributed by atoms with Crippen molar-refractivity contribution in [1.29, 1.82) is 0 Å². The largest absolute Gasteiger partial charge is 0.494 e. The van der Waals surface area contributed by atoms with Crippen LogP contribution < -0.4 is 10.1 Å². The van der Waals surface area contributed by atoms with Gasteiger partial charge in [0.15, 0.2) is 0 Å². The number of benzene rings is 1. The molecular weight excluding hydrogens is 258 g/mol. The summed E-state index contributed by atoms with van der Waals surface area (Å²) in [4.78, 5) is 14.3. The van der Waals surface area contributed by atoms with E-state index in [-0.39, 0.29) is 11.5 Å². The summed E-state index contributed by atoms with van der Waals surface area (Å²) in [6.45, 7) is 1.10. The second kappa shape index (κ2) is 7.08. The molecule has 0 aliphatic carbocycles. The second-order valence-electron chi connectivity index (χ2n) is 4.07. The molecule has 20 heavy (non-hydrogen) atoms. The van der Waals surface area contributed by atoms with Gasteiger partial charge in [-0.15, -0.1) is 0 Å². The summed E-state index contributed by atoms with van der Waals surface area (Å²) in [5, 5.41) is 13.7. The first-order chi connectivity index (χ1) is 9.77. The monoisotopic (exact) mass is 273 g/mol. The topological polar surface area (TPSA) is 77.3 Å². The number of aromatic nitrogens is 1. The Kier molecular flexibility index (Phi) is 4.88. The molecule has 2 rings (SSSR count). The molecule has 2 aromatic rings. The molecule has 0 bridgehead atoms. The molecule has 6 nitrogen and oxygen atoms in total. The number of hydrogen-bond acceptors (Lipinski definition) is 5. The average molecular weight is 273 g/mol. The van der Waals surface area contributed by atoms with E-state index in [1.807, 2.05) is 30.3 Å². The Morgan fingerprint density at radius 2 is 2.00 bits per heavy atom. The van der Waals surface area contributed by atoms with E-state index in [4.69, 9.17) is 4.74 Å². The van der Waals surface area contributed by atoms with Crippen molar-refractivity contribution in [3.05, 3.63) is 58.8 Å². The third-order valence-electron chi connectivity index (χ3n) is 2.61. The maximum atomic E-state index is 10.8. The SMILES string of the molecule is O=[N+]([O-])c1cccnc1NCCCOc1ccccc1. The van der Waals surface area contributed by atoms with Crippen molar-refractivity contribution in [1.82, 2.24) is 4.98 Å². The van der Waals surface area contributed by atoms with Crippen molar-refractivity contribution in [3.8, 4) is 5.75 Å². The molecule has 0 amide bonds. The normalized spacial score (nSPS) is 10.0. The molecule has 6 heteroatoms. The van der Waals surface area contributed by atoms with Gasteiger partial charge in [0.05, 0.1) is 11.5 Å². The summed E-state index contributed by atoms with van der Waals surface area (Å²) < 4.78 is 5.53. The molecule has 0 unspecified atom stereocenters. The summed E-state index contributed by atoms with van der Waals surface area (Å²) in [5.74, 6) is 1.11. The summed E-state index contributed by atoms with van der Waals surface area (Å²) in [7, 11) is 0. The van der Waals surface area contributed by atoms with E-state index in [2.05, 4.69) is 10.3 Å². The van der Waals surface area contributed by atoms with Crippen molar-refractivity contribution < 1.29 is 9.66 Å². The van der Waals surface area contributed by atoms with Gasteiger partial charge in [0.1, 0.15) is 5.75 Å². The minimum Gasteiger partial charge on any atom is -0.494 e. The van der Waals surface area contributed by atoms with E-state index in [0.717, 1.165) is 12.2 Å². The molecule has 0 spiro atoms.